The Morgan fingerprint density at radius 1 is 0.636 bits per heavy atom. The van der Waals surface area contributed by atoms with Gasteiger partial charge >= 0.3 is 0 Å². The zero-order chi connectivity index (χ0) is 16.5. The van der Waals surface area contributed by atoms with Crippen molar-refractivity contribution in [2.45, 2.75) is 53.2 Å². The lowest BCUT2D eigenvalue weighted by Crippen LogP contribution is -2.28. The summed E-state index contributed by atoms with van der Waals surface area (Å²) in [5, 5.41) is 0. The van der Waals surface area contributed by atoms with E-state index >= 15 is 0 Å². The fraction of sp³-hybridized carbons (Fsp3) is 1.00. The van der Waals surface area contributed by atoms with E-state index < -0.39 is 0 Å². The Morgan fingerprint density at radius 2 is 1.18 bits per heavy atom. The van der Waals surface area contributed by atoms with E-state index in [4.69, 9.17) is 23.7 Å². The fourth-order valence-electron chi connectivity index (χ4n) is 2.03. The number of rotatable bonds is 17. The van der Waals surface area contributed by atoms with Crippen LogP contribution in [0.25, 0.3) is 0 Å². The molecule has 0 heterocycles. The van der Waals surface area contributed by atoms with Crippen LogP contribution >= 0.6 is 0 Å². The molecule has 0 amide bonds. The van der Waals surface area contributed by atoms with Gasteiger partial charge in [0, 0.05) is 19.1 Å². The van der Waals surface area contributed by atoms with Gasteiger partial charge in [-0.25, -0.2) is 0 Å². The van der Waals surface area contributed by atoms with Crippen LogP contribution in [-0.4, -0.2) is 59.1 Å². The van der Waals surface area contributed by atoms with Crippen LogP contribution in [0.5, 0.6) is 0 Å². The zero-order valence-corrected chi connectivity index (χ0v) is 15.0. The van der Waals surface area contributed by atoms with Crippen molar-refractivity contribution in [3.8, 4) is 0 Å². The number of hydrogen-bond donors (Lipinski definition) is 0. The lowest BCUT2D eigenvalue weighted by Gasteiger charge is -2.24. The first-order valence-electron chi connectivity index (χ1n) is 8.72. The second kappa shape index (κ2) is 17.2. The molecule has 0 aliphatic carbocycles. The Bertz CT molecular complexity index is 213. The predicted molar refractivity (Wildman–Crippen MR) is 88.2 cm³/mol. The molecule has 0 aromatic heterocycles. The lowest BCUT2D eigenvalue weighted by atomic mass is 10.1. The van der Waals surface area contributed by atoms with Gasteiger partial charge in [0.15, 0.2) is 6.29 Å². The molecule has 0 aromatic carbocycles. The van der Waals surface area contributed by atoms with Gasteiger partial charge in [0.25, 0.3) is 0 Å². The maximum Gasteiger partial charge on any atom is 0.160 e. The van der Waals surface area contributed by atoms with Crippen LogP contribution < -0.4 is 0 Å². The molecule has 0 saturated heterocycles. The average Bonchev–Trinajstić information content (AvgIpc) is 2.52. The Labute approximate surface area is 136 Å². The minimum Gasteiger partial charge on any atom is -0.379 e. The van der Waals surface area contributed by atoms with Crippen molar-refractivity contribution in [1.29, 1.82) is 0 Å². The van der Waals surface area contributed by atoms with Crippen molar-refractivity contribution < 1.29 is 23.7 Å². The minimum atomic E-state index is -0.180. The van der Waals surface area contributed by atoms with Gasteiger partial charge in [-0.1, -0.05) is 27.2 Å². The molecule has 0 saturated carbocycles. The van der Waals surface area contributed by atoms with Crippen LogP contribution in [0.1, 0.15) is 47.0 Å². The topological polar surface area (TPSA) is 46.2 Å². The molecule has 22 heavy (non-hydrogen) atoms. The van der Waals surface area contributed by atoms with Gasteiger partial charge in [0.2, 0.25) is 0 Å². The molecule has 0 N–H and O–H groups in total. The third-order valence-corrected chi connectivity index (χ3v) is 3.15. The smallest absolute Gasteiger partial charge is 0.160 e. The summed E-state index contributed by atoms with van der Waals surface area (Å²) in [6, 6.07) is 0. The van der Waals surface area contributed by atoms with Gasteiger partial charge in [0.1, 0.15) is 0 Å². The minimum absolute atomic E-state index is 0.180. The van der Waals surface area contributed by atoms with E-state index in [1.54, 1.807) is 0 Å². The molecule has 0 bridgehead atoms. The molecule has 0 aliphatic heterocycles. The molecular formula is C17H36O5. The van der Waals surface area contributed by atoms with Gasteiger partial charge in [-0.2, -0.15) is 0 Å². The van der Waals surface area contributed by atoms with E-state index in [2.05, 4.69) is 20.8 Å². The van der Waals surface area contributed by atoms with Crippen molar-refractivity contribution in [1.82, 2.24) is 0 Å². The highest BCUT2D eigenvalue weighted by atomic mass is 16.7. The van der Waals surface area contributed by atoms with Crippen LogP contribution in [0.15, 0.2) is 0 Å². The molecule has 0 aliphatic rings. The molecule has 2 unspecified atom stereocenters. The van der Waals surface area contributed by atoms with Gasteiger partial charge in [0.05, 0.1) is 39.6 Å². The molecule has 5 nitrogen and oxygen atoms in total. The first-order chi connectivity index (χ1) is 10.8. The Hall–Kier alpha value is -0.200. The number of ether oxygens (including phenoxy) is 5. The normalized spacial score (nSPS) is 14.2. The van der Waals surface area contributed by atoms with E-state index in [1.165, 1.54) is 0 Å². The molecule has 0 spiro atoms. The summed E-state index contributed by atoms with van der Waals surface area (Å²) in [4.78, 5) is 0. The molecule has 134 valence electrons. The summed E-state index contributed by atoms with van der Waals surface area (Å²) in [6.07, 6.45) is 3.07. The van der Waals surface area contributed by atoms with Crippen LogP contribution in [0.4, 0.5) is 0 Å². The monoisotopic (exact) mass is 320 g/mol. The predicted octanol–water partition coefficient (Wildman–Crippen LogP) is 3.26. The zero-order valence-electron chi connectivity index (χ0n) is 15.0. The summed E-state index contributed by atoms with van der Waals surface area (Å²) in [5.74, 6) is 0.375. The summed E-state index contributed by atoms with van der Waals surface area (Å²) >= 11 is 0. The Morgan fingerprint density at radius 3 is 1.73 bits per heavy atom. The molecular weight excluding hydrogens is 284 g/mol. The average molecular weight is 320 g/mol. The third-order valence-electron chi connectivity index (χ3n) is 3.15. The van der Waals surface area contributed by atoms with Crippen LogP contribution in [0.2, 0.25) is 0 Å². The summed E-state index contributed by atoms with van der Waals surface area (Å²) in [7, 11) is 0. The van der Waals surface area contributed by atoms with Crippen molar-refractivity contribution in [2.24, 2.45) is 5.92 Å². The Kier molecular flexibility index (Phi) is 17.0. The molecule has 0 radical (unpaired) electrons. The van der Waals surface area contributed by atoms with E-state index in [0.29, 0.717) is 45.6 Å². The highest BCUT2D eigenvalue weighted by Gasteiger charge is 2.17. The van der Waals surface area contributed by atoms with E-state index in [-0.39, 0.29) is 6.29 Å². The summed E-state index contributed by atoms with van der Waals surface area (Å²) in [6.45, 7) is 13.5. The van der Waals surface area contributed by atoms with Gasteiger partial charge in [-0.05, 0) is 19.8 Å². The van der Waals surface area contributed by atoms with Crippen molar-refractivity contribution in [2.75, 3.05) is 52.9 Å². The number of hydrogen-bond acceptors (Lipinski definition) is 5. The highest BCUT2D eigenvalue weighted by Crippen LogP contribution is 2.15. The first-order valence-corrected chi connectivity index (χ1v) is 8.72. The van der Waals surface area contributed by atoms with E-state index in [0.717, 1.165) is 32.5 Å². The molecule has 2 atom stereocenters. The van der Waals surface area contributed by atoms with Crippen molar-refractivity contribution in [3.05, 3.63) is 0 Å². The largest absolute Gasteiger partial charge is 0.379 e. The summed E-state index contributed by atoms with van der Waals surface area (Å²) < 4.78 is 27.7. The lowest BCUT2D eigenvalue weighted by molar-refractivity contribution is -0.183. The Balaban J connectivity index is 3.78. The van der Waals surface area contributed by atoms with Crippen LogP contribution in [-0.2, 0) is 23.7 Å². The third kappa shape index (κ3) is 13.5. The standard InChI is InChI=1S/C17H36O5/c1-5-8-16(4)17(21-14-12-19-9-6-2)22-15-13-20-11-10-18-7-3/h16-17H,5-15H2,1-4H3. The van der Waals surface area contributed by atoms with Gasteiger partial charge in [-0.15, -0.1) is 0 Å². The highest BCUT2D eigenvalue weighted by molar-refractivity contribution is 4.57. The quantitative estimate of drug-likeness (QED) is 0.304. The molecule has 0 rings (SSSR count). The second-order valence-corrected chi connectivity index (χ2v) is 5.30. The van der Waals surface area contributed by atoms with Gasteiger partial charge in [-0.3, -0.25) is 0 Å². The maximum absolute atomic E-state index is 5.83. The second-order valence-electron chi connectivity index (χ2n) is 5.30. The summed E-state index contributed by atoms with van der Waals surface area (Å²) in [5.41, 5.74) is 0. The SMILES string of the molecule is CCCOCCOC(OCCOCCOCC)C(C)CCC. The fourth-order valence-corrected chi connectivity index (χ4v) is 2.03. The van der Waals surface area contributed by atoms with E-state index in [9.17, 15) is 0 Å². The van der Waals surface area contributed by atoms with Crippen molar-refractivity contribution in [3.63, 3.8) is 0 Å². The maximum atomic E-state index is 5.83. The van der Waals surface area contributed by atoms with Crippen LogP contribution in [0, 0.1) is 5.92 Å². The van der Waals surface area contributed by atoms with Gasteiger partial charge < -0.3 is 23.7 Å². The first kappa shape index (κ1) is 21.8. The van der Waals surface area contributed by atoms with E-state index in [1.807, 2.05) is 6.92 Å². The molecule has 5 heteroatoms. The van der Waals surface area contributed by atoms with Crippen molar-refractivity contribution >= 4 is 0 Å². The van der Waals surface area contributed by atoms with Crippen LogP contribution in [0.3, 0.4) is 0 Å². The molecule has 0 fully saturated rings. The molecule has 0 aromatic rings.